The van der Waals surface area contributed by atoms with Gasteiger partial charge in [0, 0.05) is 10.6 Å². The molecule has 0 spiro atoms. The third-order valence-corrected chi connectivity index (χ3v) is 7.79. The first kappa shape index (κ1) is 28.8. The van der Waals surface area contributed by atoms with Gasteiger partial charge in [-0.3, -0.25) is 0 Å². The van der Waals surface area contributed by atoms with Gasteiger partial charge in [-0.2, -0.15) is 10.5 Å². The third-order valence-electron chi connectivity index (χ3n) is 5.30. The second-order valence-electron chi connectivity index (χ2n) is 9.19. The Hall–Kier alpha value is -2.48. The minimum absolute atomic E-state index is 0.229. The molecule has 2 N–H and O–H groups in total. The molecule has 0 fully saturated rings. The van der Waals surface area contributed by atoms with Crippen molar-refractivity contribution in [2.75, 3.05) is 24.7 Å². The number of nitriles is 2. The van der Waals surface area contributed by atoms with E-state index in [9.17, 15) is 10.5 Å². The van der Waals surface area contributed by atoms with Crippen molar-refractivity contribution < 1.29 is 9.47 Å². The zero-order valence-electron chi connectivity index (χ0n) is 21.5. The molecule has 0 heterocycles. The maximum atomic E-state index is 10.1. The highest BCUT2D eigenvalue weighted by molar-refractivity contribution is 8.02. The fraction of sp³-hybridized carbons (Fsp3) is 0.500. The van der Waals surface area contributed by atoms with Crippen molar-refractivity contribution in [2.24, 2.45) is 11.8 Å². The zero-order chi connectivity index (χ0) is 25.8. The van der Waals surface area contributed by atoms with Crippen LogP contribution in [0.15, 0.2) is 39.0 Å². The minimum Gasteiger partial charge on any atom is -0.491 e. The van der Waals surface area contributed by atoms with Gasteiger partial charge in [0.05, 0.1) is 23.0 Å². The Kier molecular flexibility index (Phi) is 12.2. The van der Waals surface area contributed by atoms with Crippen molar-refractivity contribution in [3.8, 4) is 23.6 Å². The van der Waals surface area contributed by atoms with Gasteiger partial charge in [0.25, 0.3) is 0 Å². The van der Waals surface area contributed by atoms with E-state index in [4.69, 9.17) is 15.2 Å². The molecule has 0 aromatic heterocycles. The molecule has 0 bridgehead atoms. The molecule has 2 aromatic rings. The Balaban J connectivity index is 2.75. The average Bonchev–Trinajstić information content (AvgIpc) is 2.82. The number of unbranched alkanes of at least 4 members (excludes halogenated alkanes) is 1. The lowest BCUT2D eigenvalue weighted by Crippen LogP contribution is -2.09. The van der Waals surface area contributed by atoms with E-state index >= 15 is 0 Å². The summed E-state index contributed by atoms with van der Waals surface area (Å²) in [7, 11) is 0. The summed E-state index contributed by atoms with van der Waals surface area (Å²) in [6, 6.07) is 12.2. The Labute approximate surface area is 219 Å². The molecule has 188 valence electrons. The standard InChI is InChI=1S/C28H37N3O2S2/c1-6-7-16-34-27-25(32-14-12-19(2)3)21(17-29)22(18-30)26(33-15-13-20(4)5)28(27)35-24-11-9-8-10-23(24)31/h8-11,19-20H,6-7,12-16,31H2,1-5H3. The summed E-state index contributed by atoms with van der Waals surface area (Å²) in [5.74, 6) is 2.72. The predicted octanol–water partition coefficient (Wildman–Crippen LogP) is 7.91. The van der Waals surface area contributed by atoms with Crippen LogP contribution < -0.4 is 15.2 Å². The molecule has 0 unspecified atom stereocenters. The quantitative estimate of drug-likeness (QED) is 0.156. The lowest BCUT2D eigenvalue weighted by Gasteiger charge is -2.22. The van der Waals surface area contributed by atoms with Gasteiger partial charge in [-0.15, -0.1) is 11.8 Å². The van der Waals surface area contributed by atoms with Gasteiger partial charge < -0.3 is 15.2 Å². The number of para-hydroxylation sites is 1. The van der Waals surface area contributed by atoms with Gasteiger partial charge in [-0.05, 0) is 49.0 Å². The normalized spacial score (nSPS) is 10.9. The largest absolute Gasteiger partial charge is 0.491 e. The monoisotopic (exact) mass is 511 g/mol. The van der Waals surface area contributed by atoms with Crippen LogP contribution in [-0.2, 0) is 0 Å². The van der Waals surface area contributed by atoms with Crippen molar-refractivity contribution in [1.29, 1.82) is 10.5 Å². The van der Waals surface area contributed by atoms with E-state index in [0.717, 1.165) is 46.1 Å². The summed E-state index contributed by atoms with van der Waals surface area (Å²) in [5, 5.41) is 20.3. The summed E-state index contributed by atoms with van der Waals surface area (Å²) in [6.07, 6.45) is 3.78. The van der Waals surface area contributed by atoms with E-state index < -0.39 is 0 Å². The number of nitrogens with two attached hydrogens (primary N) is 1. The molecule has 0 atom stereocenters. The van der Waals surface area contributed by atoms with Gasteiger partial charge in [0.1, 0.15) is 23.3 Å². The number of hydrogen-bond acceptors (Lipinski definition) is 7. The average molecular weight is 512 g/mol. The maximum Gasteiger partial charge on any atom is 0.153 e. The molecular weight excluding hydrogens is 474 g/mol. The van der Waals surface area contributed by atoms with Crippen molar-refractivity contribution >= 4 is 29.2 Å². The topological polar surface area (TPSA) is 92.1 Å². The van der Waals surface area contributed by atoms with E-state index in [1.54, 1.807) is 11.8 Å². The van der Waals surface area contributed by atoms with Gasteiger partial charge in [0.15, 0.2) is 11.5 Å². The summed E-state index contributed by atoms with van der Waals surface area (Å²) >= 11 is 3.13. The highest BCUT2D eigenvalue weighted by Crippen LogP contribution is 2.51. The van der Waals surface area contributed by atoms with Gasteiger partial charge in [-0.25, -0.2) is 0 Å². The van der Waals surface area contributed by atoms with Crippen LogP contribution in [0, 0.1) is 34.5 Å². The van der Waals surface area contributed by atoms with Crippen molar-refractivity contribution in [3.63, 3.8) is 0 Å². The SMILES string of the molecule is CCCCSc1c(OCCC(C)C)c(C#N)c(C#N)c(OCCC(C)C)c1Sc1ccccc1N. The van der Waals surface area contributed by atoms with Gasteiger partial charge >= 0.3 is 0 Å². The highest BCUT2D eigenvalue weighted by atomic mass is 32.2. The minimum atomic E-state index is 0.229. The van der Waals surface area contributed by atoms with Crippen LogP contribution in [0.5, 0.6) is 11.5 Å². The van der Waals surface area contributed by atoms with Crippen molar-refractivity contribution in [2.45, 2.75) is 75.0 Å². The molecule has 0 saturated heterocycles. The first-order chi connectivity index (χ1) is 16.8. The summed E-state index contributed by atoms with van der Waals surface area (Å²) < 4.78 is 12.5. The number of ether oxygens (including phenoxy) is 2. The molecule has 0 aliphatic heterocycles. The van der Waals surface area contributed by atoms with Crippen molar-refractivity contribution in [3.05, 3.63) is 35.4 Å². The maximum absolute atomic E-state index is 10.1. The van der Waals surface area contributed by atoms with Crippen LogP contribution in [0.2, 0.25) is 0 Å². The zero-order valence-corrected chi connectivity index (χ0v) is 23.2. The second-order valence-corrected chi connectivity index (χ2v) is 11.4. The molecule has 0 aliphatic carbocycles. The summed E-state index contributed by atoms with van der Waals surface area (Å²) in [6.45, 7) is 11.6. The van der Waals surface area contributed by atoms with Gasteiger partial charge in [-0.1, -0.05) is 64.9 Å². The van der Waals surface area contributed by atoms with Crippen LogP contribution in [0.3, 0.4) is 0 Å². The molecule has 0 amide bonds. The number of nitrogens with zero attached hydrogens (tertiary/aromatic N) is 2. The Morgan fingerprint density at radius 1 is 0.886 bits per heavy atom. The number of anilines is 1. The molecule has 5 nitrogen and oxygen atoms in total. The number of benzene rings is 2. The van der Waals surface area contributed by atoms with Gasteiger partial charge in [0.2, 0.25) is 0 Å². The fourth-order valence-electron chi connectivity index (χ4n) is 3.17. The Bertz CT molecular complexity index is 1060. The molecule has 2 aromatic carbocycles. The summed E-state index contributed by atoms with van der Waals surface area (Å²) in [4.78, 5) is 2.52. The number of nitrogen functional groups attached to an aromatic ring is 1. The first-order valence-electron chi connectivity index (χ1n) is 12.3. The fourth-order valence-corrected chi connectivity index (χ4v) is 5.61. The molecule has 2 rings (SSSR count). The van der Waals surface area contributed by atoms with E-state index in [-0.39, 0.29) is 11.1 Å². The van der Waals surface area contributed by atoms with E-state index in [1.807, 2.05) is 24.3 Å². The van der Waals surface area contributed by atoms with E-state index in [2.05, 4.69) is 46.8 Å². The van der Waals surface area contributed by atoms with Crippen LogP contribution >= 0.6 is 23.5 Å². The summed E-state index contributed by atoms with van der Waals surface area (Å²) in [5.41, 5.74) is 7.42. The smallest absolute Gasteiger partial charge is 0.153 e. The van der Waals surface area contributed by atoms with Crippen LogP contribution in [0.4, 0.5) is 5.69 Å². The first-order valence-corrected chi connectivity index (χ1v) is 14.1. The van der Waals surface area contributed by atoms with Crippen LogP contribution in [-0.4, -0.2) is 19.0 Å². The molecule has 0 saturated carbocycles. The highest BCUT2D eigenvalue weighted by Gasteiger charge is 2.28. The third kappa shape index (κ3) is 8.30. The lowest BCUT2D eigenvalue weighted by molar-refractivity contribution is 0.269. The molecule has 35 heavy (non-hydrogen) atoms. The number of hydrogen-bond donors (Lipinski definition) is 1. The Morgan fingerprint density at radius 3 is 1.91 bits per heavy atom. The second kappa shape index (κ2) is 14.8. The molecule has 7 heteroatoms. The number of rotatable bonds is 14. The Morgan fingerprint density at radius 2 is 1.43 bits per heavy atom. The van der Waals surface area contributed by atoms with Crippen molar-refractivity contribution in [1.82, 2.24) is 0 Å². The van der Waals surface area contributed by atoms with E-state index in [1.165, 1.54) is 11.8 Å². The molecule has 0 radical (unpaired) electrons. The van der Waals surface area contributed by atoms with Crippen LogP contribution in [0.1, 0.15) is 71.4 Å². The molecule has 0 aliphatic rings. The predicted molar refractivity (Wildman–Crippen MR) is 146 cm³/mol. The number of thioether (sulfide) groups is 1. The molecular formula is C28H37N3O2S2. The lowest BCUT2D eigenvalue weighted by atomic mass is 10.1. The van der Waals surface area contributed by atoms with Crippen LogP contribution in [0.25, 0.3) is 0 Å². The van der Waals surface area contributed by atoms with E-state index in [0.29, 0.717) is 42.2 Å².